The van der Waals surface area contributed by atoms with Crippen LogP contribution in [0.1, 0.15) is 18.0 Å². The molecule has 0 bridgehead atoms. The number of hydrogen-bond acceptors (Lipinski definition) is 5. The van der Waals surface area contributed by atoms with Gasteiger partial charge in [0.05, 0.1) is 5.52 Å². The van der Waals surface area contributed by atoms with Crippen LogP contribution in [-0.4, -0.2) is 22.0 Å². The van der Waals surface area contributed by atoms with E-state index in [0.29, 0.717) is 11.8 Å². The van der Waals surface area contributed by atoms with Crippen molar-refractivity contribution in [2.75, 3.05) is 0 Å². The molecule has 2 aromatic carbocycles. The summed E-state index contributed by atoms with van der Waals surface area (Å²) in [6.07, 6.45) is 0.577. The highest BCUT2D eigenvalue weighted by molar-refractivity contribution is 9.10. The van der Waals surface area contributed by atoms with Gasteiger partial charge in [-0.15, -0.1) is 10.2 Å². The molecule has 1 saturated heterocycles. The van der Waals surface area contributed by atoms with Gasteiger partial charge in [0, 0.05) is 15.9 Å². The Bertz CT molecular complexity index is 986. The zero-order valence-electron chi connectivity index (χ0n) is 13.6. The van der Waals surface area contributed by atoms with Crippen LogP contribution in [0, 0.1) is 0 Å². The van der Waals surface area contributed by atoms with Crippen molar-refractivity contribution >= 4 is 38.4 Å². The van der Waals surface area contributed by atoms with Crippen LogP contribution in [0.4, 0.5) is 5.69 Å². The summed E-state index contributed by atoms with van der Waals surface area (Å²) in [5, 5.41) is 18.5. The number of nitrogens with zero attached hydrogens (tertiary/aromatic N) is 2. The second kappa shape index (κ2) is 6.99. The molecule has 0 saturated carbocycles. The molecule has 26 heavy (non-hydrogen) atoms. The summed E-state index contributed by atoms with van der Waals surface area (Å²) in [6.45, 7) is 0. The minimum Gasteiger partial charge on any atom is -0.493 e. The molecule has 3 aromatic rings. The number of aromatic hydroxyl groups is 1. The van der Waals surface area contributed by atoms with Crippen LogP contribution in [0.15, 0.2) is 63.2 Å². The number of amides is 1. The maximum Gasteiger partial charge on any atom is 0.282 e. The summed E-state index contributed by atoms with van der Waals surface area (Å²) in [4.78, 5) is 15.2. The van der Waals surface area contributed by atoms with Crippen LogP contribution in [0.25, 0.3) is 10.9 Å². The van der Waals surface area contributed by atoms with E-state index >= 15 is 0 Å². The van der Waals surface area contributed by atoms with Gasteiger partial charge in [-0.05, 0) is 30.2 Å². The molecule has 0 aliphatic carbocycles. The van der Waals surface area contributed by atoms with E-state index in [9.17, 15) is 9.90 Å². The number of nitrogens with one attached hydrogen (secondary N) is 3. The lowest BCUT2D eigenvalue weighted by molar-refractivity contribution is -0.120. The van der Waals surface area contributed by atoms with Crippen molar-refractivity contribution in [2.24, 2.45) is 10.2 Å². The Labute approximate surface area is 157 Å². The monoisotopic (exact) mass is 413 g/mol. The summed E-state index contributed by atoms with van der Waals surface area (Å²) in [6, 6.07) is 14.9. The maximum absolute atomic E-state index is 12.4. The van der Waals surface area contributed by atoms with Crippen molar-refractivity contribution in [1.29, 1.82) is 0 Å². The summed E-state index contributed by atoms with van der Waals surface area (Å²) in [5.74, 6) is -0.506. The van der Waals surface area contributed by atoms with Gasteiger partial charge in [-0.1, -0.05) is 46.3 Å². The molecular weight excluding hydrogens is 398 g/mol. The van der Waals surface area contributed by atoms with Crippen molar-refractivity contribution < 1.29 is 9.90 Å². The number of fused-ring (bicyclic) bond motifs is 1. The van der Waals surface area contributed by atoms with Gasteiger partial charge < -0.3 is 10.1 Å². The molecule has 4 rings (SSSR count). The first kappa shape index (κ1) is 16.9. The van der Waals surface area contributed by atoms with Crippen molar-refractivity contribution in [3.63, 3.8) is 0 Å². The normalized spacial score (nSPS) is 20.2. The Morgan fingerprint density at radius 3 is 2.77 bits per heavy atom. The number of benzene rings is 2. The number of aromatic amines is 1. The van der Waals surface area contributed by atoms with E-state index < -0.39 is 6.04 Å². The number of carbonyl (C=O) groups excluding carboxylic acids is 1. The molecule has 8 heteroatoms. The Balaban J connectivity index is 1.50. The number of azo groups is 1. The lowest BCUT2D eigenvalue weighted by Crippen LogP contribution is -2.35. The van der Waals surface area contributed by atoms with Crippen LogP contribution >= 0.6 is 15.9 Å². The second-order valence-electron chi connectivity index (χ2n) is 6.09. The molecular formula is C18H16BrN5O2. The fraction of sp³-hybridized carbons (Fsp3) is 0.167. The molecule has 7 nitrogen and oxygen atoms in total. The zero-order valence-corrected chi connectivity index (χ0v) is 15.2. The minimum absolute atomic E-state index is 0.0396. The third-order valence-electron chi connectivity index (χ3n) is 4.37. The molecule has 4 N–H and O–H groups in total. The highest BCUT2D eigenvalue weighted by atomic mass is 79.9. The van der Waals surface area contributed by atoms with Crippen molar-refractivity contribution in [2.45, 2.75) is 18.5 Å². The summed E-state index contributed by atoms with van der Waals surface area (Å²) in [7, 11) is 0. The van der Waals surface area contributed by atoms with Gasteiger partial charge in [0.15, 0.2) is 5.69 Å². The maximum atomic E-state index is 12.4. The van der Waals surface area contributed by atoms with Crippen LogP contribution < -0.4 is 10.9 Å². The summed E-state index contributed by atoms with van der Waals surface area (Å²) < 4.78 is 0.846. The van der Waals surface area contributed by atoms with Crippen LogP contribution in [-0.2, 0) is 4.79 Å². The summed E-state index contributed by atoms with van der Waals surface area (Å²) in [5.41, 5.74) is 8.15. The first-order chi connectivity index (χ1) is 12.6. The Hall–Kier alpha value is -2.55. The molecule has 1 amide bonds. The predicted octanol–water partition coefficient (Wildman–Crippen LogP) is 3.85. The number of hydrazine groups is 1. The average Bonchev–Trinajstić information content (AvgIpc) is 3.25. The molecule has 0 spiro atoms. The van der Waals surface area contributed by atoms with Crippen molar-refractivity contribution in [3.05, 3.63) is 58.6 Å². The number of rotatable bonds is 3. The molecule has 1 aliphatic heterocycles. The number of carbonyl (C=O) groups is 1. The van der Waals surface area contributed by atoms with Gasteiger partial charge in [-0.2, -0.15) is 0 Å². The summed E-state index contributed by atoms with van der Waals surface area (Å²) >= 11 is 3.39. The lowest BCUT2D eigenvalue weighted by Gasteiger charge is -2.08. The molecule has 132 valence electrons. The van der Waals surface area contributed by atoms with Crippen molar-refractivity contribution in [1.82, 2.24) is 15.8 Å². The van der Waals surface area contributed by atoms with Gasteiger partial charge in [0.25, 0.3) is 5.91 Å². The molecule has 1 aromatic heterocycles. The molecule has 2 heterocycles. The Kier molecular flexibility index (Phi) is 4.54. The average molecular weight is 414 g/mol. The van der Waals surface area contributed by atoms with E-state index in [-0.39, 0.29) is 23.5 Å². The third-order valence-corrected chi connectivity index (χ3v) is 4.86. The highest BCUT2D eigenvalue weighted by Gasteiger charge is 2.30. The zero-order chi connectivity index (χ0) is 18.1. The van der Waals surface area contributed by atoms with E-state index in [2.05, 4.69) is 42.0 Å². The fourth-order valence-electron chi connectivity index (χ4n) is 3.03. The first-order valence-electron chi connectivity index (χ1n) is 8.13. The van der Waals surface area contributed by atoms with E-state index in [1.807, 2.05) is 48.5 Å². The quantitative estimate of drug-likeness (QED) is 0.489. The largest absolute Gasteiger partial charge is 0.493 e. The molecule has 1 fully saturated rings. The van der Waals surface area contributed by atoms with Gasteiger partial charge in [0.1, 0.15) is 6.04 Å². The number of H-pyrrole nitrogens is 1. The lowest BCUT2D eigenvalue weighted by atomic mass is 10.0. The van der Waals surface area contributed by atoms with Gasteiger partial charge in [-0.25, -0.2) is 10.9 Å². The van der Waals surface area contributed by atoms with E-state index in [4.69, 9.17) is 0 Å². The van der Waals surface area contributed by atoms with Crippen molar-refractivity contribution in [3.8, 4) is 5.88 Å². The SMILES string of the molecule is O=C(N=Nc1c(O)[nH]c2ccc(Br)cc12)C1CC(c2ccccc2)NN1. The number of hydrogen-bond donors (Lipinski definition) is 4. The topological polar surface area (TPSA) is 102 Å². The van der Waals surface area contributed by atoms with Gasteiger partial charge >= 0.3 is 0 Å². The highest BCUT2D eigenvalue weighted by Crippen LogP contribution is 2.37. The standard InChI is InChI=1S/C18H16BrN5O2/c19-11-6-7-13-12(8-11)16(18(26)20-13)23-24-17(25)15-9-14(21-22-15)10-4-2-1-3-5-10/h1-8,14-15,20-22,26H,9H2. The van der Waals surface area contributed by atoms with E-state index in [1.54, 1.807) is 0 Å². The molecule has 0 radical (unpaired) electrons. The smallest absolute Gasteiger partial charge is 0.282 e. The Morgan fingerprint density at radius 1 is 1.15 bits per heavy atom. The van der Waals surface area contributed by atoms with Gasteiger partial charge in [-0.3, -0.25) is 4.79 Å². The number of halogens is 1. The minimum atomic E-state index is -0.469. The Morgan fingerprint density at radius 2 is 1.96 bits per heavy atom. The fourth-order valence-corrected chi connectivity index (χ4v) is 3.39. The van der Waals surface area contributed by atoms with Crippen LogP contribution in [0.2, 0.25) is 0 Å². The molecule has 1 aliphatic rings. The van der Waals surface area contributed by atoms with Crippen LogP contribution in [0.3, 0.4) is 0 Å². The molecule has 2 atom stereocenters. The van der Waals surface area contributed by atoms with Gasteiger partial charge in [0.2, 0.25) is 5.88 Å². The molecule has 2 unspecified atom stereocenters. The second-order valence-corrected chi connectivity index (χ2v) is 7.01. The van der Waals surface area contributed by atoms with E-state index in [0.717, 1.165) is 15.6 Å². The van der Waals surface area contributed by atoms with Crippen LogP contribution in [0.5, 0.6) is 5.88 Å². The first-order valence-corrected chi connectivity index (χ1v) is 8.93. The third kappa shape index (κ3) is 3.26. The van der Waals surface area contributed by atoms with E-state index in [1.165, 1.54) is 0 Å². The predicted molar refractivity (Wildman–Crippen MR) is 101 cm³/mol. The number of aromatic nitrogens is 1.